The molecule has 0 aromatic rings. The Hall–Kier alpha value is -1.16. The van der Waals surface area contributed by atoms with Gasteiger partial charge in [-0.1, -0.05) is 13.5 Å². The van der Waals surface area contributed by atoms with Crippen molar-refractivity contribution in [3.63, 3.8) is 0 Å². The van der Waals surface area contributed by atoms with E-state index in [-0.39, 0.29) is 28.8 Å². The number of hydrogen-bond donors (Lipinski definition) is 1. The average Bonchev–Trinajstić information content (AvgIpc) is 2.85. The molecule has 1 spiro atoms. The maximum absolute atomic E-state index is 12.1. The molecular formula is C15H18O4. The molecule has 0 aromatic heterocycles. The summed E-state index contributed by atoms with van der Waals surface area (Å²) in [6.07, 6.45) is 1.87. The van der Waals surface area contributed by atoms with E-state index in [1.807, 2.05) is 6.92 Å². The third kappa shape index (κ3) is 0.970. The predicted molar refractivity (Wildman–Crippen MR) is 66.4 cm³/mol. The molecule has 0 bridgehead atoms. The zero-order valence-corrected chi connectivity index (χ0v) is 11.2. The van der Waals surface area contributed by atoms with Crippen LogP contribution in [0.15, 0.2) is 12.2 Å². The summed E-state index contributed by atoms with van der Waals surface area (Å²) >= 11 is 0. The number of ketones is 1. The minimum absolute atomic E-state index is 0.0462. The normalized spacial score (nSPS) is 57.9. The Morgan fingerprint density at radius 3 is 2.68 bits per heavy atom. The van der Waals surface area contributed by atoms with Crippen LogP contribution in [0.3, 0.4) is 0 Å². The van der Waals surface area contributed by atoms with E-state index in [1.165, 1.54) is 0 Å². The van der Waals surface area contributed by atoms with Crippen molar-refractivity contribution < 1.29 is 19.4 Å². The molecule has 1 heterocycles. The molecule has 0 amide bonds. The number of Topliss-reactive ketones (excluding diaryl/α,β-unsaturated/α-hetero) is 1. The predicted octanol–water partition coefficient (Wildman–Crippen LogP) is 1.79. The van der Waals surface area contributed by atoms with E-state index in [0.717, 1.165) is 6.42 Å². The lowest BCUT2D eigenvalue weighted by atomic mass is 9.69. The second-order valence-corrected chi connectivity index (χ2v) is 7.28. The van der Waals surface area contributed by atoms with E-state index in [1.54, 1.807) is 0 Å². The molecule has 4 fully saturated rings. The quantitative estimate of drug-likeness (QED) is 0.578. The largest absolute Gasteiger partial charge is 0.481 e. The van der Waals surface area contributed by atoms with Crippen LogP contribution < -0.4 is 0 Å². The van der Waals surface area contributed by atoms with Crippen LogP contribution in [-0.4, -0.2) is 28.6 Å². The highest BCUT2D eigenvalue weighted by Crippen LogP contribution is 2.76. The zero-order valence-electron chi connectivity index (χ0n) is 11.2. The molecule has 4 heteroatoms. The molecule has 0 radical (unpaired) electrons. The smallest absolute Gasteiger partial charge is 0.309 e. The van der Waals surface area contributed by atoms with Crippen molar-refractivity contribution in [2.75, 3.05) is 0 Å². The van der Waals surface area contributed by atoms with Crippen LogP contribution in [0.25, 0.3) is 0 Å². The van der Waals surface area contributed by atoms with Gasteiger partial charge in [-0.3, -0.25) is 9.59 Å². The van der Waals surface area contributed by atoms with Crippen molar-refractivity contribution in [1.82, 2.24) is 0 Å². The van der Waals surface area contributed by atoms with Gasteiger partial charge in [0.25, 0.3) is 0 Å². The van der Waals surface area contributed by atoms with Gasteiger partial charge in [-0.05, 0) is 38.0 Å². The molecular weight excluding hydrogens is 244 g/mol. The van der Waals surface area contributed by atoms with Gasteiger partial charge in [-0.2, -0.15) is 0 Å². The fourth-order valence-electron chi connectivity index (χ4n) is 5.32. The minimum atomic E-state index is -0.720. The lowest BCUT2D eigenvalue weighted by molar-refractivity contribution is -0.148. The molecule has 19 heavy (non-hydrogen) atoms. The summed E-state index contributed by atoms with van der Waals surface area (Å²) in [5, 5.41) is 9.42. The summed E-state index contributed by atoms with van der Waals surface area (Å²) < 4.78 is 5.76. The molecule has 4 rings (SSSR count). The minimum Gasteiger partial charge on any atom is -0.481 e. The monoisotopic (exact) mass is 262 g/mol. The lowest BCUT2D eigenvalue weighted by Crippen LogP contribution is -2.36. The van der Waals surface area contributed by atoms with Gasteiger partial charge >= 0.3 is 5.97 Å². The Kier molecular flexibility index (Phi) is 1.72. The number of rotatable bonds is 1. The molecule has 1 saturated heterocycles. The maximum atomic E-state index is 12.1. The van der Waals surface area contributed by atoms with Gasteiger partial charge in [0.1, 0.15) is 5.60 Å². The Bertz CT molecular complexity index is 552. The third-order valence-corrected chi connectivity index (χ3v) is 6.51. The molecule has 6 atom stereocenters. The number of fused-ring (bicyclic) bond motifs is 2. The van der Waals surface area contributed by atoms with E-state index in [4.69, 9.17) is 4.74 Å². The molecule has 1 N–H and O–H groups in total. The Labute approximate surface area is 111 Å². The summed E-state index contributed by atoms with van der Waals surface area (Å²) in [6, 6.07) is 0. The van der Waals surface area contributed by atoms with E-state index in [0.29, 0.717) is 24.3 Å². The van der Waals surface area contributed by atoms with Crippen LogP contribution in [0.2, 0.25) is 0 Å². The van der Waals surface area contributed by atoms with E-state index in [2.05, 4.69) is 13.5 Å². The van der Waals surface area contributed by atoms with Crippen LogP contribution in [-0.2, 0) is 14.3 Å². The summed E-state index contributed by atoms with van der Waals surface area (Å²) in [5.74, 6) is -0.105. The van der Waals surface area contributed by atoms with E-state index >= 15 is 0 Å². The highest BCUT2D eigenvalue weighted by Gasteiger charge is 2.84. The first kappa shape index (κ1) is 11.6. The molecule has 0 unspecified atom stereocenters. The molecule has 102 valence electrons. The number of epoxide rings is 1. The van der Waals surface area contributed by atoms with Gasteiger partial charge < -0.3 is 9.84 Å². The third-order valence-electron chi connectivity index (χ3n) is 6.51. The van der Waals surface area contributed by atoms with Crippen LogP contribution in [0.5, 0.6) is 0 Å². The van der Waals surface area contributed by atoms with Gasteiger partial charge in [0.15, 0.2) is 11.9 Å². The standard InChI is InChI=1S/C15H18O4/c1-7-10(16)11-15(19-11)5-8-4-13(2,12(17)18)6-9(8)14(7,15)3/h8-9,11H,1,4-6H2,2-3H3,(H,17,18)/t8-,9-,11-,13+,14+,15-/m0/s1. The summed E-state index contributed by atoms with van der Waals surface area (Å²) in [7, 11) is 0. The van der Waals surface area contributed by atoms with Gasteiger partial charge in [-0.25, -0.2) is 0 Å². The summed E-state index contributed by atoms with van der Waals surface area (Å²) in [4.78, 5) is 23.6. The van der Waals surface area contributed by atoms with Crippen LogP contribution in [0, 0.1) is 22.7 Å². The molecule has 3 aliphatic carbocycles. The fraction of sp³-hybridized carbons (Fsp3) is 0.733. The molecule has 4 aliphatic rings. The second kappa shape index (κ2) is 2.80. The van der Waals surface area contributed by atoms with Crippen LogP contribution in [0.1, 0.15) is 33.1 Å². The SMILES string of the molecule is C=C1C(=O)[C@@H]2O[C@@]23C[C@@H]2C[C@@](C)(C(=O)O)C[C@@H]2[C@@]13C. The van der Waals surface area contributed by atoms with Gasteiger partial charge in [0.05, 0.1) is 5.41 Å². The van der Waals surface area contributed by atoms with E-state index in [9.17, 15) is 14.7 Å². The Morgan fingerprint density at radius 2 is 2.05 bits per heavy atom. The Balaban J connectivity index is 1.77. The van der Waals surface area contributed by atoms with Crippen molar-refractivity contribution in [3.8, 4) is 0 Å². The number of aliphatic carboxylic acids is 1. The lowest BCUT2D eigenvalue weighted by Gasteiger charge is -2.34. The number of carbonyl (C=O) groups is 2. The molecule has 1 aliphatic heterocycles. The van der Waals surface area contributed by atoms with Crippen LogP contribution in [0.4, 0.5) is 0 Å². The first-order chi connectivity index (χ1) is 8.76. The van der Waals surface area contributed by atoms with Crippen molar-refractivity contribution >= 4 is 11.8 Å². The number of carbonyl (C=O) groups excluding carboxylic acids is 1. The Morgan fingerprint density at radius 1 is 1.37 bits per heavy atom. The second-order valence-electron chi connectivity index (χ2n) is 7.28. The number of carboxylic acid groups (broad SMARTS) is 1. The molecule has 4 nitrogen and oxygen atoms in total. The maximum Gasteiger partial charge on any atom is 0.309 e. The highest BCUT2D eigenvalue weighted by atomic mass is 16.6. The fourth-order valence-corrected chi connectivity index (χ4v) is 5.32. The van der Waals surface area contributed by atoms with Gasteiger partial charge in [0.2, 0.25) is 0 Å². The number of ether oxygens (including phenoxy) is 1. The first-order valence-corrected chi connectivity index (χ1v) is 6.91. The number of hydrogen-bond acceptors (Lipinski definition) is 3. The van der Waals surface area contributed by atoms with Gasteiger partial charge in [-0.15, -0.1) is 0 Å². The molecule has 0 aromatic carbocycles. The highest BCUT2D eigenvalue weighted by molar-refractivity contribution is 6.07. The van der Waals surface area contributed by atoms with Crippen molar-refractivity contribution in [3.05, 3.63) is 12.2 Å². The van der Waals surface area contributed by atoms with Crippen LogP contribution >= 0.6 is 0 Å². The van der Waals surface area contributed by atoms with E-state index < -0.39 is 11.4 Å². The molecule has 3 saturated carbocycles. The van der Waals surface area contributed by atoms with Crippen molar-refractivity contribution in [1.29, 1.82) is 0 Å². The average molecular weight is 262 g/mol. The topological polar surface area (TPSA) is 66.9 Å². The number of carboxylic acids is 1. The summed E-state index contributed by atoms with van der Waals surface area (Å²) in [6.45, 7) is 7.90. The summed E-state index contributed by atoms with van der Waals surface area (Å²) in [5.41, 5.74) is -0.662. The zero-order chi connectivity index (χ0) is 13.8. The first-order valence-electron chi connectivity index (χ1n) is 6.91. The van der Waals surface area contributed by atoms with Crippen molar-refractivity contribution in [2.45, 2.75) is 44.8 Å². The van der Waals surface area contributed by atoms with Crippen molar-refractivity contribution in [2.24, 2.45) is 22.7 Å². The van der Waals surface area contributed by atoms with Gasteiger partial charge in [0, 0.05) is 11.0 Å².